The monoisotopic (exact) mass is 229 g/mol. The fraction of sp³-hybridized carbons (Fsp3) is 0.167. The van der Waals surface area contributed by atoms with E-state index in [2.05, 4.69) is 27.7 Å². The molecule has 0 aliphatic carbocycles. The van der Waals surface area contributed by atoms with Gasteiger partial charge in [-0.1, -0.05) is 11.8 Å². The number of nitrogens with zero attached hydrogens (tertiary/aromatic N) is 1. The Bertz CT molecular complexity index is 465. The molecule has 0 aliphatic heterocycles. The number of aromatic nitrogens is 1. The molecule has 5 nitrogen and oxygen atoms in total. The number of nitrogens with one attached hydrogen (secondary N) is 2. The molecule has 1 aromatic rings. The van der Waals surface area contributed by atoms with Gasteiger partial charge in [0.05, 0.1) is 6.61 Å². The number of aliphatic hydroxyl groups is 1. The molecule has 1 heterocycles. The summed E-state index contributed by atoms with van der Waals surface area (Å²) < 4.78 is 0. The zero-order chi connectivity index (χ0) is 12.7. The largest absolute Gasteiger partial charge is 0.395 e. The van der Waals surface area contributed by atoms with Gasteiger partial charge < -0.3 is 5.11 Å². The van der Waals surface area contributed by atoms with Gasteiger partial charge in [0, 0.05) is 12.1 Å². The maximum absolute atomic E-state index is 11.6. The average molecular weight is 229 g/mol. The average Bonchev–Trinajstić information content (AvgIpc) is 2.38. The van der Waals surface area contributed by atoms with Crippen molar-refractivity contribution in [1.82, 2.24) is 15.8 Å². The third-order valence-electron chi connectivity index (χ3n) is 1.82. The lowest BCUT2D eigenvalue weighted by molar-refractivity contribution is 0.0930. The highest BCUT2D eigenvalue weighted by Gasteiger charge is 2.07. The van der Waals surface area contributed by atoms with E-state index in [1.807, 2.05) is 0 Å². The van der Waals surface area contributed by atoms with Gasteiger partial charge >= 0.3 is 0 Å². The van der Waals surface area contributed by atoms with Crippen molar-refractivity contribution >= 4 is 5.91 Å². The van der Waals surface area contributed by atoms with Gasteiger partial charge in [0.15, 0.2) is 0 Å². The van der Waals surface area contributed by atoms with Crippen molar-refractivity contribution in [3.63, 3.8) is 0 Å². The molecule has 0 saturated heterocycles. The van der Waals surface area contributed by atoms with Crippen LogP contribution in [0.3, 0.4) is 0 Å². The van der Waals surface area contributed by atoms with Crippen LogP contribution in [0.15, 0.2) is 12.1 Å². The highest BCUT2D eigenvalue weighted by molar-refractivity contribution is 5.94. The van der Waals surface area contributed by atoms with Crippen molar-refractivity contribution in [2.45, 2.75) is 0 Å². The molecule has 0 fully saturated rings. The molecule has 5 heteroatoms. The van der Waals surface area contributed by atoms with Crippen molar-refractivity contribution in [3.8, 4) is 24.7 Å². The topological polar surface area (TPSA) is 74.2 Å². The van der Waals surface area contributed by atoms with Gasteiger partial charge in [-0.2, -0.15) is 0 Å². The van der Waals surface area contributed by atoms with Gasteiger partial charge in [-0.05, 0) is 12.1 Å². The summed E-state index contributed by atoms with van der Waals surface area (Å²) in [5.41, 5.74) is 5.83. The minimum atomic E-state index is -0.395. The van der Waals surface area contributed by atoms with Crippen LogP contribution >= 0.6 is 0 Å². The van der Waals surface area contributed by atoms with Crippen LogP contribution in [0.2, 0.25) is 0 Å². The summed E-state index contributed by atoms with van der Waals surface area (Å²) >= 11 is 0. The third-order valence-corrected chi connectivity index (χ3v) is 1.82. The van der Waals surface area contributed by atoms with E-state index in [4.69, 9.17) is 18.0 Å². The zero-order valence-electron chi connectivity index (χ0n) is 9.03. The van der Waals surface area contributed by atoms with Gasteiger partial charge in [-0.15, -0.1) is 12.8 Å². The Morgan fingerprint density at radius 3 is 2.41 bits per heavy atom. The predicted octanol–water partition coefficient (Wildman–Crippen LogP) is -0.729. The summed E-state index contributed by atoms with van der Waals surface area (Å²) in [5.74, 6) is 4.24. The van der Waals surface area contributed by atoms with Crippen molar-refractivity contribution in [2.24, 2.45) is 0 Å². The van der Waals surface area contributed by atoms with Crippen LogP contribution in [0.1, 0.15) is 21.7 Å². The van der Waals surface area contributed by atoms with E-state index in [0.717, 1.165) is 0 Å². The fourth-order valence-corrected chi connectivity index (χ4v) is 1.08. The zero-order valence-corrected chi connectivity index (χ0v) is 9.03. The Morgan fingerprint density at radius 2 is 1.94 bits per heavy atom. The first-order valence-corrected chi connectivity index (χ1v) is 4.80. The van der Waals surface area contributed by atoms with Gasteiger partial charge in [-0.3, -0.25) is 10.2 Å². The Kier molecular flexibility index (Phi) is 4.71. The van der Waals surface area contributed by atoms with Crippen LogP contribution < -0.4 is 10.9 Å². The number of pyridine rings is 1. The van der Waals surface area contributed by atoms with Crippen molar-refractivity contribution in [3.05, 3.63) is 29.1 Å². The molecule has 0 bridgehead atoms. The molecule has 0 saturated carbocycles. The van der Waals surface area contributed by atoms with Crippen LogP contribution in [-0.4, -0.2) is 29.1 Å². The van der Waals surface area contributed by atoms with E-state index >= 15 is 0 Å². The van der Waals surface area contributed by atoms with Crippen LogP contribution in [0.5, 0.6) is 0 Å². The molecule has 3 N–H and O–H groups in total. The highest BCUT2D eigenvalue weighted by atomic mass is 16.3. The Labute approximate surface area is 99.2 Å². The van der Waals surface area contributed by atoms with E-state index in [0.29, 0.717) is 17.0 Å². The minimum absolute atomic E-state index is 0.0815. The molecule has 0 atom stereocenters. The summed E-state index contributed by atoms with van der Waals surface area (Å²) in [6.07, 6.45) is 10.4. The Morgan fingerprint density at radius 1 is 1.35 bits per heavy atom. The van der Waals surface area contributed by atoms with E-state index in [1.54, 1.807) is 0 Å². The van der Waals surface area contributed by atoms with Crippen molar-refractivity contribution in [2.75, 3.05) is 13.2 Å². The smallest absolute Gasteiger partial charge is 0.265 e. The second-order valence-electron chi connectivity index (χ2n) is 3.02. The lowest BCUT2D eigenvalue weighted by atomic mass is 10.2. The second-order valence-corrected chi connectivity index (χ2v) is 3.02. The maximum atomic E-state index is 11.6. The lowest BCUT2D eigenvalue weighted by Crippen LogP contribution is -2.39. The molecule has 86 valence electrons. The molecule has 0 spiro atoms. The van der Waals surface area contributed by atoms with E-state index in [-0.39, 0.29) is 13.2 Å². The van der Waals surface area contributed by atoms with Gasteiger partial charge in [0.1, 0.15) is 11.4 Å². The van der Waals surface area contributed by atoms with Gasteiger partial charge in [0.25, 0.3) is 5.91 Å². The van der Waals surface area contributed by atoms with E-state index in [1.165, 1.54) is 12.1 Å². The minimum Gasteiger partial charge on any atom is -0.395 e. The van der Waals surface area contributed by atoms with Gasteiger partial charge in [0.2, 0.25) is 0 Å². The van der Waals surface area contributed by atoms with E-state index < -0.39 is 5.91 Å². The molecule has 17 heavy (non-hydrogen) atoms. The summed E-state index contributed by atoms with van der Waals surface area (Å²) in [7, 11) is 0. The first kappa shape index (κ1) is 12.7. The Balaban J connectivity index is 2.87. The molecule has 1 amide bonds. The molecule has 0 aromatic carbocycles. The summed E-state index contributed by atoms with van der Waals surface area (Å²) in [6, 6.07) is 2.91. The number of hydrogen-bond donors (Lipinski definition) is 3. The lowest BCUT2D eigenvalue weighted by Gasteiger charge is -2.06. The highest BCUT2D eigenvalue weighted by Crippen LogP contribution is 2.04. The summed E-state index contributed by atoms with van der Waals surface area (Å²) in [5, 5.41) is 8.54. The molecular weight excluding hydrogens is 218 g/mol. The normalized spacial score (nSPS) is 9.12. The van der Waals surface area contributed by atoms with Gasteiger partial charge in [-0.25, -0.2) is 10.4 Å². The number of hydrazine groups is 1. The van der Waals surface area contributed by atoms with Crippen molar-refractivity contribution in [1.29, 1.82) is 0 Å². The number of carbonyl (C=O) groups excluding carboxylic acids is 1. The fourth-order valence-electron chi connectivity index (χ4n) is 1.08. The van der Waals surface area contributed by atoms with Crippen LogP contribution in [0.4, 0.5) is 0 Å². The summed E-state index contributed by atoms with van der Waals surface area (Å²) in [4.78, 5) is 15.6. The number of aliphatic hydroxyl groups excluding tert-OH is 1. The SMILES string of the molecule is C#Cc1cc(C(=O)NNCCO)cc(C#C)n1. The molecule has 0 unspecified atom stereocenters. The molecule has 0 aliphatic rings. The molecular formula is C12H11N3O2. The predicted molar refractivity (Wildman–Crippen MR) is 62.7 cm³/mol. The molecule has 1 rings (SSSR count). The Hall–Kier alpha value is -2.34. The quantitative estimate of drug-likeness (QED) is 0.361. The van der Waals surface area contributed by atoms with E-state index in [9.17, 15) is 4.79 Å². The first-order chi connectivity index (χ1) is 8.21. The second kappa shape index (κ2) is 6.29. The summed E-state index contributed by atoms with van der Waals surface area (Å²) in [6.45, 7) is 0.169. The number of amides is 1. The third kappa shape index (κ3) is 3.62. The van der Waals surface area contributed by atoms with Crippen molar-refractivity contribution < 1.29 is 9.90 Å². The molecule has 1 aromatic heterocycles. The number of terminal acetylenes is 2. The standard InChI is InChI=1S/C12H11N3O2/c1-3-10-7-9(8-11(4-2)14-10)12(17)15-13-5-6-16/h1-2,7-8,13,16H,5-6H2,(H,15,17). The maximum Gasteiger partial charge on any atom is 0.265 e. The van der Waals surface area contributed by atoms with Crippen LogP contribution in [-0.2, 0) is 0 Å². The number of carbonyl (C=O) groups is 1. The van der Waals surface area contributed by atoms with Crippen LogP contribution in [0.25, 0.3) is 0 Å². The number of rotatable bonds is 4. The first-order valence-electron chi connectivity index (χ1n) is 4.80. The molecule has 0 radical (unpaired) electrons. The number of hydrogen-bond acceptors (Lipinski definition) is 4. The van der Waals surface area contributed by atoms with Crippen LogP contribution in [0, 0.1) is 24.7 Å².